The molecule has 1 fully saturated rings. The molecule has 2 aromatic heterocycles. The predicted octanol–water partition coefficient (Wildman–Crippen LogP) is 6.48. The summed E-state index contributed by atoms with van der Waals surface area (Å²) >= 11 is 3.47. The fraction of sp³-hybridized carbons (Fsp3) is 0.480. The van der Waals surface area contributed by atoms with Crippen molar-refractivity contribution in [1.29, 1.82) is 0 Å². The molecular weight excluding hydrogens is 452 g/mol. The standard InChI is InChI=1S/C25H31BrN4O/c1-5-16(2)24-28-23-12-11-20(26)14-22(23)25(31)30(24)27-15-19-13-17(3)29(18(19)4)21-9-7-6-8-10-21/h11-16,21H,5-10H2,1-4H3/t16-/m1/s1. The first kappa shape index (κ1) is 22.0. The average molecular weight is 483 g/mol. The smallest absolute Gasteiger partial charge is 0.282 e. The zero-order valence-electron chi connectivity index (χ0n) is 18.9. The Balaban J connectivity index is 1.79. The molecule has 0 saturated heterocycles. The van der Waals surface area contributed by atoms with Crippen LogP contribution >= 0.6 is 15.9 Å². The molecule has 1 atom stereocenters. The summed E-state index contributed by atoms with van der Waals surface area (Å²) in [5.41, 5.74) is 4.15. The minimum atomic E-state index is -0.126. The van der Waals surface area contributed by atoms with Crippen LogP contribution in [-0.2, 0) is 0 Å². The number of rotatable bonds is 5. The second-order valence-electron chi connectivity index (χ2n) is 8.79. The van der Waals surface area contributed by atoms with Crippen LogP contribution in [0.15, 0.2) is 38.6 Å². The zero-order chi connectivity index (χ0) is 22.1. The molecule has 0 unspecified atom stereocenters. The fourth-order valence-electron chi connectivity index (χ4n) is 4.73. The van der Waals surface area contributed by atoms with Crippen LogP contribution in [0.25, 0.3) is 10.9 Å². The molecule has 1 aromatic carbocycles. The highest BCUT2D eigenvalue weighted by atomic mass is 79.9. The largest absolute Gasteiger partial charge is 0.345 e. The maximum atomic E-state index is 13.3. The van der Waals surface area contributed by atoms with Gasteiger partial charge in [-0.2, -0.15) is 9.78 Å². The summed E-state index contributed by atoms with van der Waals surface area (Å²) in [7, 11) is 0. The Bertz CT molecular complexity index is 1180. The SMILES string of the molecule is CC[C@@H](C)c1nc2ccc(Br)cc2c(=O)n1N=Cc1cc(C)n(C2CCCCC2)c1C. The number of nitrogens with zero attached hydrogens (tertiary/aromatic N) is 4. The van der Waals surface area contributed by atoms with E-state index in [1.54, 1.807) is 0 Å². The van der Waals surface area contributed by atoms with E-state index in [-0.39, 0.29) is 11.5 Å². The Hall–Kier alpha value is -2.21. The van der Waals surface area contributed by atoms with Gasteiger partial charge in [0.25, 0.3) is 5.56 Å². The first-order valence-corrected chi connectivity index (χ1v) is 12.1. The van der Waals surface area contributed by atoms with Crippen LogP contribution in [0.3, 0.4) is 0 Å². The van der Waals surface area contributed by atoms with E-state index < -0.39 is 0 Å². The van der Waals surface area contributed by atoms with Crippen LogP contribution in [0, 0.1) is 13.8 Å². The van der Waals surface area contributed by atoms with E-state index in [4.69, 9.17) is 4.98 Å². The third-order valence-electron chi connectivity index (χ3n) is 6.66. The van der Waals surface area contributed by atoms with Crippen molar-refractivity contribution in [2.24, 2.45) is 5.10 Å². The summed E-state index contributed by atoms with van der Waals surface area (Å²) in [5, 5.41) is 5.25. The van der Waals surface area contributed by atoms with Gasteiger partial charge in [0.1, 0.15) is 5.82 Å². The molecule has 1 saturated carbocycles. The molecule has 1 aliphatic carbocycles. The van der Waals surface area contributed by atoms with Crippen molar-refractivity contribution in [3.8, 4) is 0 Å². The molecule has 3 aromatic rings. The molecule has 5 nitrogen and oxygen atoms in total. The highest BCUT2D eigenvalue weighted by Gasteiger charge is 2.20. The number of benzene rings is 1. The van der Waals surface area contributed by atoms with Gasteiger partial charge >= 0.3 is 0 Å². The van der Waals surface area contributed by atoms with Gasteiger partial charge in [-0.1, -0.05) is 49.0 Å². The molecule has 6 heteroatoms. The number of hydrogen-bond acceptors (Lipinski definition) is 3. The lowest BCUT2D eigenvalue weighted by molar-refractivity contribution is 0.346. The highest BCUT2D eigenvalue weighted by Crippen LogP contribution is 2.32. The van der Waals surface area contributed by atoms with E-state index in [1.165, 1.54) is 48.2 Å². The van der Waals surface area contributed by atoms with Crippen molar-refractivity contribution in [2.45, 2.75) is 78.2 Å². The molecule has 0 amide bonds. The van der Waals surface area contributed by atoms with Gasteiger partial charge in [0.2, 0.25) is 0 Å². The van der Waals surface area contributed by atoms with E-state index in [0.29, 0.717) is 22.8 Å². The van der Waals surface area contributed by atoms with E-state index in [0.717, 1.165) is 16.5 Å². The van der Waals surface area contributed by atoms with Gasteiger partial charge in [0.05, 0.1) is 17.1 Å². The van der Waals surface area contributed by atoms with E-state index >= 15 is 0 Å². The minimum Gasteiger partial charge on any atom is -0.345 e. The lowest BCUT2D eigenvalue weighted by Crippen LogP contribution is -2.23. The maximum Gasteiger partial charge on any atom is 0.282 e. The van der Waals surface area contributed by atoms with Crippen molar-refractivity contribution < 1.29 is 0 Å². The van der Waals surface area contributed by atoms with Crippen molar-refractivity contribution in [1.82, 2.24) is 14.2 Å². The molecule has 0 spiro atoms. The van der Waals surface area contributed by atoms with Gasteiger partial charge in [0.15, 0.2) is 0 Å². The Morgan fingerprint density at radius 3 is 2.68 bits per heavy atom. The molecule has 0 bridgehead atoms. The van der Waals surface area contributed by atoms with E-state index in [1.807, 2.05) is 24.4 Å². The van der Waals surface area contributed by atoms with Gasteiger partial charge < -0.3 is 4.57 Å². The molecular formula is C25H31BrN4O. The lowest BCUT2D eigenvalue weighted by Gasteiger charge is -2.26. The summed E-state index contributed by atoms with van der Waals surface area (Å²) in [6.07, 6.45) is 9.16. The number of aromatic nitrogens is 3. The normalized spacial score (nSPS) is 16.4. The van der Waals surface area contributed by atoms with Crippen molar-refractivity contribution >= 4 is 33.0 Å². The summed E-state index contributed by atoms with van der Waals surface area (Å²) < 4.78 is 4.83. The quantitative estimate of drug-likeness (QED) is 0.390. The summed E-state index contributed by atoms with van der Waals surface area (Å²) in [6.45, 7) is 8.53. The monoisotopic (exact) mass is 482 g/mol. The Labute approximate surface area is 192 Å². The van der Waals surface area contributed by atoms with Gasteiger partial charge in [-0.3, -0.25) is 4.79 Å². The van der Waals surface area contributed by atoms with Gasteiger partial charge in [-0.15, -0.1) is 0 Å². The summed E-state index contributed by atoms with van der Waals surface area (Å²) in [4.78, 5) is 18.1. The van der Waals surface area contributed by atoms with Crippen LogP contribution in [0.4, 0.5) is 0 Å². The van der Waals surface area contributed by atoms with E-state index in [2.05, 4.69) is 59.4 Å². The van der Waals surface area contributed by atoms with Crippen LogP contribution in [0.1, 0.15) is 87.1 Å². The molecule has 1 aliphatic rings. The first-order valence-electron chi connectivity index (χ1n) is 11.4. The molecule has 164 valence electrons. The second-order valence-corrected chi connectivity index (χ2v) is 9.71. The van der Waals surface area contributed by atoms with Crippen molar-refractivity contribution in [3.05, 3.63) is 61.9 Å². The van der Waals surface area contributed by atoms with Crippen LogP contribution in [0.2, 0.25) is 0 Å². The fourth-order valence-corrected chi connectivity index (χ4v) is 5.09. The summed E-state index contributed by atoms with van der Waals surface area (Å²) in [5.74, 6) is 0.840. The lowest BCUT2D eigenvalue weighted by atomic mass is 9.95. The molecule has 4 rings (SSSR count). The van der Waals surface area contributed by atoms with Gasteiger partial charge in [0, 0.05) is 33.4 Å². The first-order chi connectivity index (χ1) is 14.9. The third-order valence-corrected chi connectivity index (χ3v) is 7.16. The van der Waals surface area contributed by atoms with E-state index in [9.17, 15) is 4.79 Å². The van der Waals surface area contributed by atoms with Crippen LogP contribution in [0.5, 0.6) is 0 Å². The molecule has 31 heavy (non-hydrogen) atoms. The van der Waals surface area contributed by atoms with Crippen molar-refractivity contribution in [2.75, 3.05) is 0 Å². The van der Waals surface area contributed by atoms with Crippen LogP contribution in [-0.4, -0.2) is 20.4 Å². The molecule has 2 heterocycles. The topological polar surface area (TPSA) is 52.2 Å². The average Bonchev–Trinajstić information content (AvgIpc) is 3.06. The van der Waals surface area contributed by atoms with Gasteiger partial charge in [-0.25, -0.2) is 4.98 Å². The molecule has 0 N–H and O–H groups in total. The Morgan fingerprint density at radius 2 is 1.97 bits per heavy atom. The highest BCUT2D eigenvalue weighted by molar-refractivity contribution is 9.10. The number of aryl methyl sites for hydroxylation is 1. The van der Waals surface area contributed by atoms with Gasteiger partial charge in [-0.05, 0) is 57.4 Å². The van der Waals surface area contributed by atoms with Crippen LogP contribution < -0.4 is 5.56 Å². The minimum absolute atomic E-state index is 0.126. The summed E-state index contributed by atoms with van der Waals surface area (Å²) in [6, 6.07) is 8.40. The number of halogens is 1. The Morgan fingerprint density at radius 1 is 1.23 bits per heavy atom. The molecule has 0 radical (unpaired) electrons. The predicted molar refractivity (Wildman–Crippen MR) is 131 cm³/mol. The van der Waals surface area contributed by atoms with Crippen molar-refractivity contribution in [3.63, 3.8) is 0 Å². The zero-order valence-corrected chi connectivity index (χ0v) is 20.4. The number of fused-ring (bicyclic) bond motifs is 1. The molecule has 0 aliphatic heterocycles. The Kier molecular flexibility index (Phi) is 6.47. The second kappa shape index (κ2) is 9.11. The number of hydrogen-bond donors (Lipinski definition) is 0. The maximum absolute atomic E-state index is 13.3. The third kappa shape index (κ3) is 4.27.